The Morgan fingerprint density at radius 3 is 2.59 bits per heavy atom. The molecule has 0 fully saturated rings. The van der Waals surface area contributed by atoms with E-state index < -0.39 is 0 Å². The van der Waals surface area contributed by atoms with Crippen molar-refractivity contribution in [2.24, 2.45) is 10.9 Å². The fraction of sp³-hybridized carbons (Fsp3) is 0.588. The van der Waals surface area contributed by atoms with E-state index >= 15 is 0 Å². The third-order valence-electron chi connectivity index (χ3n) is 2.91. The van der Waals surface area contributed by atoms with Gasteiger partial charge in [-0.1, -0.05) is 26.0 Å². The summed E-state index contributed by atoms with van der Waals surface area (Å²) in [5.41, 5.74) is 1.07. The zero-order chi connectivity index (χ0) is 16.2. The molecule has 0 aliphatic rings. The number of aromatic hydroxyl groups is 1. The van der Waals surface area contributed by atoms with Gasteiger partial charge in [0.15, 0.2) is 5.96 Å². The van der Waals surface area contributed by atoms with Gasteiger partial charge in [0.2, 0.25) is 0 Å². The molecule has 0 bridgehead atoms. The molecule has 0 spiro atoms. The molecule has 0 unspecified atom stereocenters. The quantitative estimate of drug-likeness (QED) is 0.372. The fourth-order valence-corrected chi connectivity index (χ4v) is 1.81. The van der Waals surface area contributed by atoms with E-state index in [1.807, 2.05) is 19.1 Å². The number of benzene rings is 1. The van der Waals surface area contributed by atoms with Gasteiger partial charge in [0.05, 0.1) is 6.54 Å². The molecule has 0 radical (unpaired) electrons. The van der Waals surface area contributed by atoms with E-state index in [4.69, 9.17) is 4.74 Å². The summed E-state index contributed by atoms with van der Waals surface area (Å²) in [6.07, 6.45) is 0.955. The van der Waals surface area contributed by atoms with Gasteiger partial charge in [-0.15, -0.1) is 0 Å². The number of aliphatic imine (C=N–C) groups is 1. The Kier molecular flexibility index (Phi) is 9.07. The molecule has 0 aliphatic carbocycles. The first-order valence-electron chi connectivity index (χ1n) is 7.99. The predicted molar refractivity (Wildman–Crippen MR) is 91.2 cm³/mol. The van der Waals surface area contributed by atoms with E-state index in [9.17, 15) is 5.11 Å². The number of hydrogen-bond donors (Lipinski definition) is 3. The second kappa shape index (κ2) is 10.9. The number of rotatable bonds is 9. The van der Waals surface area contributed by atoms with E-state index in [-0.39, 0.29) is 5.75 Å². The number of nitrogens with one attached hydrogen (secondary N) is 2. The van der Waals surface area contributed by atoms with Crippen LogP contribution < -0.4 is 10.6 Å². The van der Waals surface area contributed by atoms with E-state index in [1.165, 1.54) is 0 Å². The lowest BCUT2D eigenvalue weighted by Gasteiger charge is -2.12. The highest BCUT2D eigenvalue weighted by molar-refractivity contribution is 5.79. The van der Waals surface area contributed by atoms with Crippen LogP contribution in [0, 0.1) is 5.92 Å². The molecule has 1 aromatic rings. The first kappa shape index (κ1) is 18.3. The Hall–Kier alpha value is -1.75. The second-order valence-electron chi connectivity index (χ2n) is 5.61. The minimum Gasteiger partial charge on any atom is -0.508 e. The summed E-state index contributed by atoms with van der Waals surface area (Å²) in [7, 11) is 0. The molecule has 0 aromatic heterocycles. The lowest BCUT2D eigenvalue weighted by atomic mass is 10.2. The molecule has 124 valence electrons. The van der Waals surface area contributed by atoms with E-state index in [1.54, 1.807) is 12.1 Å². The third-order valence-corrected chi connectivity index (χ3v) is 2.91. The van der Waals surface area contributed by atoms with Crippen LogP contribution in [0.4, 0.5) is 0 Å². The smallest absolute Gasteiger partial charge is 0.191 e. The summed E-state index contributed by atoms with van der Waals surface area (Å²) >= 11 is 0. The molecule has 0 aliphatic heterocycles. The Morgan fingerprint density at radius 2 is 1.95 bits per heavy atom. The van der Waals surface area contributed by atoms with Crippen molar-refractivity contribution < 1.29 is 9.84 Å². The minimum absolute atomic E-state index is 0.277. The molecule has 5 nitrogen and oxygen atoms in total. The van der Waals surface area contributed by atoms with Crippen LogP contribution in [0.5, 0.6) is 5.75 Å². The van der Waals surface area contributed by atoms with Crippen molar-refractivity contribution in [2.75, 3.05) is 26.3 Å². The van der Waals surface area contributed by atoms with Gasteiger partial charge < -0.3 is 20.5 Å². The minimum atomic E-state index is 0.277. The summed E-state index contributed by atoms with van der Waals surface area (Å²) < 4.78 is 5.55. The molecule has 22 heavy (non-hydrogen) atoms. The van der Waals surface area contributed by atoms with Crippen LogP contribution in [0.15, 0.2) is 29.3 Å². The van der Waals surface area contributed by atoms with Crippen molar-refractivity contribution in [3.63, 3.8) is 0 Å². The SMILES string of the molecule is CCNC(=NCc1ccc(O)cc1)NCCCOCC(C)C. The third kappa shape index (κ3) is 8.52. The van der Waals surface area contributed by atoms with Gasteiger partial charge in [-0.25, -0.2) is 4.99 Å². The van der Waals surface area contributed by atoms with Gasteiger partial charge in [0.1, 0.15) is 5.75 Å². The van der Waals surface area contributed by atoms with Gasteiger partial charge in [-0.2, -0.15) is 0 Å². The summed E-state index contributed by atoms with van der Waals surface area (Å²) in [4.78, 5) is 4.53. The summed E-state index contributed by atoms with van der Waals surface area (Å²) in [6, 6.07) is 7.11. The van der Waals surface area contributed by atoms with Crippen LogP contribution in [0.3, 0.4) is 0 Å². The van der Waals surface area contributed by atoms with Gasteiger partial charge >= 0.3 is 0 Å². The predicted octanol–water partition coefficient (Wildman–Crippen LogP) is 2.51. The first-order chi connectivity index (χ1) is 10.6. The van der Waals surface area contributed by atoms with Gasteiger partial charge in [-0.05, 0) is 37.0 Å². The highest BCUT2D eigenvalue weighted by Crippen LogP contribution is 2.10. The van der Waals surface area contributed by atoms with Gasteiger partial charge in [0.25, 0.3) is 0 Å². The van der Waals surface area contributed by atoms with Crippen molar-refractivity contribution in [3.8, 4) is 5.75 Å². The molecule has 0 heterocycles. The Bertz CT molecular complexity index is 430. The van der Waals surface area contributed by atoms with Crippen molar-refractivity contribution in [2.45, 2.75) is 33.7 Å². The molecular weight excluding hydrogens is 278 g/mol. The Balaban J connectivity index is 2.31. The topological polar surface area (TPSA) is 65.9 Å². The molecule has 0 amide bonds. The molecule has 1 aromatic carbocycles. The first-order valence-corrected chi connectivity index (χ1v) is 7.99. The van der Waals surface area contributed by atoms with E-state index in [0.717, 1.165) is 44.2 Å². The zero-order valence-corrected chi connectivity index (χ0v) is 13.9. The number of phenolic OH excluding ortho intramolecular Hbond substituents is 1. The Morgan fingerprint density at radius 1 is 1.23 bits per heavy atom. The van der Waals surface area contributed by atoms with Crippen molar-refractivity contribution in [3.05, 3.63) is 29.8 Å². The van der Waals surface area contributed by atoms with Crippen LogP contribution >= 0.6 is 0 Å². The van der Waals surface area contributed by atoms with Gasteiger partial charge in [-0.3, -0.25) is 0 Å². The molecule has 1 rings (SSSR count). The second-order valence-corrected chi connectivity index (χ2v) is 5.61. The lowest BCUT2D eigenvalue weighted by Crippen LogP contribution is -2.38. The average Bonchev–Trinajstić information content (AvgIpc) is 2.49. The van der Waals surface area contributed by atoms with Crippen LogP contribution in [0.25, 0.3) is 0 Å². The largest absolute Gasteiger partial charge is 0.508 e. The number of nitrogens with zero attached hydrogens (tertiary/aromatic N) is 1. The molecule has 0 atom stereocenters. The summed E-state index contributed by atoms with van der Waals surface area (Å²) in [5, 5.41) is 15.8. The van der Waals surface area contributed by atoms with Crippen LogP contribution in [0.1, 0.15) is 32.8 Å². The number of hydrogen-bond acceptors (Lipinski definition) is 3. The van der Waals surface area contributed by atoms with E-state index in [2.05, 4.69) is 29.5 Å². The average molecular weight is 307 g/mol. The number of guanidine groups is 1. The monoisotopic (exact) mass is 307 g/mol. The lowest BCUT2D eigenvalue weighted by molar-refractivity contribution is 0.108. The normalized spacial score (nSPS) is 11.7. The molecular formula is C17H29N3O2. The Labute approximate surface area is 133 Å². The number of ether oxygens (including phenoxy) is 1. The molecule has 3 N–H and O–H groups in total. The standard InChI is InChI=1S/C17H29N3O2/c1-4-18-17(19-10-5-11-22-13-14(2)3)20-12-15-6-8-16(21)9-7-15/h6-9,14,21H,4-5,10-13H2,1-3H3,(H2,18,19,20). The maximum absolute atomic E-state index is 9.27. The van der Waals surface area contributed by atoms with Gasteiger partial charge in [0, 0.05) is 26.3 Å². The molecule has 0 saturated carbocycles. The van der Waals surface area contributed by atoms with Crippen LogP contribution in [0.2, 0.25) is 0 Å². The van der Waals surface area contributed by atoms with Crippen molar-refractivity contribution >= 4 is 5.96 Å². The van der Waals surface area contributed by atoms with E-state index in [0.29, 0.717) is 12.5 Å². The summed E-state index contributed by atoms with van der Waals surface area (Å²) in [5.74, 6) is 1.66. The highest BCUT2D eigenvalue weighted by atomic mass is 16.5. The van der Waals surface area contributed by atoms with Crippen molar-refractivity contribution in [1.29, 1.82) is 0 Å². The zero-order valence-electron chi connectivity index (χ0n) is 13.9. The van der Waals surface area contributed by atoms with Crippen LogP contribution in [-0.4, -0.2) is 37.4 Å². The maximum atomic E-state index is 9.27. The fourth-order valence-electron chi connectivity index (χ4n) is 1.81. The summed E-state index contributed by atoms with van der Waals surface area (Å²) in [6.45, 7) is 10.2. The highest BCUT2D eigenvalue weighted by Gasteiger charge is 1.98. The number of phenols is 1. The maximum Gasteiger partial charge on any atom is 0.191 e. The molecule has 0 saturated heterocycles. The van der Waals surface area contributed by atoms with Crippen molar-refractivity contribution in [1.82, 2.24) is 10.6 Å². The van der Waals surface area contributed by atoms with Crippen LogP contribution in [-0.2, 0) is 11.3 Å². The molecule has 5 heteroatoms.